The summed E-state index contributed by atoms with van der Waals surface area (Å²) in [5, 5.41) is 9.02. The number of hydrogen-bond donors (Lipinski definition) is 1. The smallest absolute Gasteiger partial charge is 0.343 e. The van der Waals surface area contributed by atoms with Gasteiger partial charge in [-0.2, -0.15) is 0 Å². The predicted molar refractivity (Wildman–Crippen MR) is 53.8 cm³/mol. The zero-order valence-corrected chi connectivity index (χ0v) is 9.41. The molecule has 0 amide bonds. The van der Waals surface area contributed by atoms with Gasteiger partial charge in [-0.25, -0.2) is 4.79 Å². The van der Waals surface area contributed by atoms with Crippen molar-refractivity contribution in [1.29, 1.82) is 0 Å². The molecule has 1 atom stereocenters. The normalized spacial score (nSPS) is 14.6. The Bertz CT molecular complexity index is 226. The van der Waals surface area contributed by atoms with Gasteiger partial charge in [0.25, 0.3) is 0 Å². The molecule has 0 radical (unpaired) electrons. The molecule has 5 nitrogen and oxygen atoms in total. The van der Waals surface area contributed by atoms with Crippen molar-refractivity contribution in [2.24, 2.45) is 0 Å². The Kier molecular flexibility index (Phi) is 6.12. The summed E-state index contributed by atoms with van der Waals surface area (Å²) < 4.78 is 9.98. The van der Waals surface area contributed by atoms with Gasteiger partial charge in [0, 0.05) is 13.2 Å². The van der Waals surface area contributed by atoms with Gasteiger partial charge in [-0.15, -0.1) is 0 Å². The molecular formula is C10H18O5. The molecule has 1 N–H and O–H groups in total. The Hall–Kier alpha value is -0.940. The van der Waals surface area contributed by atoms with E-state index in [0.29, 0.717) is 6.61 Å². The molecule has 0 fully saturated rings. The Balaban J connectivity index is 4.73. The van der Waals surface area contributed by atoms with Gasteiger partial charge in [0.2, 0.25) is 11.4 Å². The number of carbonyl (C=O) groups is 2. The predicted octanol–water partition coefficient (Wildman–Crippen LogP) is 0.862. The van der Waals surface area contributed by atoms with E-state index in [1.807, 2.05) is 0 Å². The van der Waals surface area contributed by atoms with Crippen molar-refractivity contribution in [3.8, 4) is 0 Å². The van der Waals surface area contributed by atoms with Crippen molar-refractivity contribution in [3.63, 3.8) is 0 Å². The first-order valence-corrected chi connectivity index (χ1v) is 5.03. The van der Waals surface area contributed by atoms with Crippen LogP contribution in [0, 0.1) is 0 Å². The lowest BCUT2D eigenvalue weighted by Crippen LogP contribution is -2.50. The zero-order valence-electron chi connectivity index (χ0n) is 9.41. The summed E-state index contributed by atoms with van der Waals surface area (Å²) in [6.07, 6.45) is 0.0993. The second kappa shape index (κ2) is 6.53. The van der Waals surface area contributed by atoms with Gasteiger partial charge in [0.05, 0.1) is 0 Å². The molecule has 0 aliphatic heterocycles. The van der Waals surface area contributed by atoms with E-state index in [1.54, 1.807) is 20.8 Å². The van der Waals surface area contributed by atoms with E-state index in [4.69, 9.17) is 14.6 Å². The van der Waals surface area contributed by atoms with E-state index in [-0.39, 0.29) is 19.6 Å². The van der Waals surface area contributed by atoms with Gasteiger partial charge in [0.1, 0.15) is 6.61 Å². The van der Waals surface area contributed by atoms with E-state index >= 15 is 0 Å². The van der Waals surface area contributed by atoms with Gasteiger partial charge in [-0.3, -0.25) is 4.79 Å². The molecule has 1 unspecified atom stereocenters. The fraction of sp³-hybridized carbons (Fsp3) is 0.800. The molecule has 0 aliphatic rings. The van der Waals surface area contributed by atoms with Crippen molar-refractivity contribution in [1.82, 2.24) is 0 Å². The molecule has 88 valence electrons. The summed E-state index contributed by atoms with van der Waals surface area (Å²) in [5.41, 5.74) is -1.75. The Morgan fingerprint density at radius 2 is 1.80 bits per heavy atom. The topological polar surface area (TPSA) is 72.8 Å². The van der Waals surface area contributed by atoms with Crippen LogP contribution < -0.4 is 0 Å². The molecule has 0 aromatic rings. The molecule has 15 heavy (non-hydrogen) atoms. The zero-order chi connectivity index (χ0) is 11.9. The highest BCUT2D eigenvalue weighted by atomic mass is 16.5. The second-order valence-electron chi connectivity index (χ2n) is 2.98. The molecule has 0 bridgehead atoms. The maximum atomic E-state index is 11.7. The monoisotopic (exact) mass is 218 g/mol. The van der Waals surface area contributed by atoms with Crippen molar-refractivity contribution >= 4 is 11.8 Å². The number of hydrogen-bond acceptors (Lipinski definition) is 4. The fourth-order valence-corrected chi connectivity index (χ4v) is 1.27. The van der Waals surface area contributed by atoms with Crippen molar-refractivity contribution < 1.29 is 24.2 Å². The first kappa shape index (κ1) is 14.1. The number of rotatable bonds is 8. The Labute approximate surface area is 89.4 Å². The van der Waals surface area contributed by atoms with Crippen LogP contribution in [0.3, 0.4) is 0 Å². The molecule has 0 heterocycles. The van der Waals surface area contributed by atoms with Crippen LogP contribution >= 0.6 is 0 Å². The quantitative estimate of drug-likeness (QED) is 0.612. The Morgan fingerprint density at radius 1 is 1.20 bits per heavy atom. The van der Waals surface area contributed by atoms with Crippen LogP contribution in [0.15, 0.2) is 0 Å². The molecule has 0 aromatic heterocycles. The Morgan fingerprint density at radius 3 is 2.13 bits per heavy atom. The number of carboxylic acid groups (broad SMARTS) is 1. The van der Waals surface area contributed by atoms with Crippen LogP contribution in [0.5, 0.6) is 0 Å². The average Bonchev–Trinajstić information content (AvgIpc) is 2.22. The average molecular weight is 218 g/mol. The van der Waals surface area contributed by atoms with Gasteiger partial charge < -0.3 is 14.6 Å². The van der Waals surface area contributed by atoms with Crippen LogP contribution in [-0.4, -0.2) is 42.3 Å². The second-order valence-corrected chi connectivity index (χ2v) is 2.98. The van der Waals surface area contributed by atoms with Gasteiger partial charge in [-0.1, -0.05) is 6.92 Å². The first-order valence-electron chi connectivity index (χ1n) is 5.03. The van der Waals surface area contributed by atoms with Crippen molar-refractivity contribution in [2.75, 3.05) is 19.8 Å². The number of carboxylic acids is 1. The highest BCUT2D eigenvalue weighted by molar-refractivity contribution is 6.07. The van der Waals surface area contributed by atoms with E-state index in [1.165, 1.54) is 0 Å². The third kappa shape index (κ3) is 3.28. The highest BCUT2D eigenvalue weighted by Gasteiger charge is 2.45. The lowest BCUT2D eigenvalue weighted by atomic mass is 9.95. The van der Waals surface area contributed by atoms with Gasteiger partial charge in [-0.05, 0) is 20.3 Å². The summed E-state index contributed by atoms with van der Waals surface area (Å²) >= 11 is 0. The molecule has 0 aliphatic carbocycles. The van der Waals surface area contributed by atoms with Crippen molar-refractivity contribution in [2.45, 2.75) is 32.8 Å². The first-order chi connectivity index (χ1) is 7.05. The number of Topliss-reactive ketones (excluding diaryl/α,β-unsaturated/α-hetero) is 1. The molecule has 0 aromatic carbocycles. The minimum atomic E-state index is -1.75. The summed E-state index contributed by atoms with van der Waals surface area (Å²) in [5.74, 6) is -1.79. The highest BCUT2D eigenvalue weighted by Crippen LogP contribution is 2.18. The molecule has 0 saturated carbocycles. The molecular weight excluding hydrogens is 200 g/mol. The molecule has 0 rings (SSSR count). The van der Waals surface area contributed by atoms with Crippen molar-refractivity contribution in [3.05, 3.63) is 0 Å². The summed E-state index contributed by atoms with van der Waals surface area (Å²) in [4.78, 5) is 22.7. The fourth-order valence-electron chi connectivity index (χ4n) is 1.27. The maximum Gasteiger partial charge on any atom is 0.343 e. The van der Waals surface area contributed by atoms with Crippen LogP contribution in [0.1, 0.15) is 27.2 Å². The van der Waals surface area contributed by atoms with E-state index in [9.17, 15) is 9.59 Å². The summed E-state index contributed by atoms with van der Waals surface area (Å²) in [7, 11) is 0. The van der Waals surface area contributed by atoms with Crippen LogP contribution in [0.2, 0.25) is 0 Å². The van der Waals surface area contributed by atoms with Gasteiger partial charge in [0.15, 0.2) is 0 Å². The number of ketones is 1. The molecule has 0 spiro atoms. The molecule has 0 saturated heterocycles. The SMILES string of the molecule is CCOCC(=O)C(CC)(OCC)C(=O)O. The number of ether oxygens (including phenoxy) is 2. The largest absolute Gasteiger partial charge is 0.479 e. The lowest BCUT2D eigenvalue weighted by Gasteiger charge is -2.26. The van der Waals surface area contributed by atoms with Gasteiger partial charge >= 0.3 is 5.97 Å². The van der Waals surface area contributed by atoms with E-state index in [0.717, 1.165) is 0 Å². The van der Waals surface area contributed by atoms with E-state index in [2.05, 4.69) is 0 Å². The maximum absolute atomic E-state index is 11.7. The van der Waals surface area contributed by atoms with E-state index < -0.39 is 17.4 Å². The molecule has 5 heteroatoms. The lowest BCUT2D eigenvalue weighted by molar-refractivity contribution is -0.174. The standard InChI is InChI=1S/C10H18O5/c1-4-10(9(12)13,15-6-3)8(11)7-14-5-2/h4-7H2,1-3H3,(H,12,13). The minimum absolute atomic E-state index is 0.0993. The summed E-state index contributed by atoms with van der Waals surface area (Å²) in [6.45, 7) is 5.32. The van der Waals surface area contributed by atoms with Crippen LogP contribution in [0.25, 0.3) is 0 Å². The number of carbonyl (C=O) groups excluding carboxylic acids is 1. The number of aliphatic carboxylic acids is 1. The summed E-state index contributed by atoms with van der Waals surface area (Å²) in [6, 6.07) is 0. The minimum Gasteiger partial charge on any atom is -0.479 e. The van der Waals surface area contributed by atoms with Crippen LogP contribution in [0.4, 0.5) is 0 Å². The van der Waals surface area contributed by atoms with Crippen LogP contribution in [-0.2, 0) is 19.1 Å². The third-order valence-corrected chi connectivity index (χ3v) is 2.12. The third-order valence-electron chi connectivity index (χ3n) is 2.12.